The van der Waals surface area contributed by atoms with Gasteiger partial charge in [0.25, 0.3) is 0 Å². The molecule has 0 aliphatic carbocycles. The lowest BCUT2D eigenvalue weighted by atomic mass is 10.1. The first-order valence-electron chi connectivity index (χ1n) is 8.02. The molecule has 0 aliphatic heterocycles. The third kappa shape index (κ3) is 4.29. The summed E-state index contributed by atoms with van der Waals surface area (Å²) in [6.07, 6.45) is 2.54. The number of hydrogen-bond donors (Lipinski definition) is 2. The SMILES string of the molecule is Cc1ccc(C)c(Nc2cnnc(NCCc3ccccc3)n2)c1. The van der Waals surface area contributed by atoms with Crippen molar-refractivity contribution in [2.75, 3.05) is 17.2 Å². The fourth-order valence-electron chi connectivity index (χ4n) is 2.41. The molecular weight excluding hydrogens is 298 g/mol. The van der Waals surface area contributed by atoms with Crippen LogP contribution in [0.5, 0.6) is 0 Å². The summed E-state index contributed by atoms with van der Waals surface area (Å²) in [6, 6.07) is 16.6. The van der Waals surface area contributed by atoms with Gasteiger partial charge in [0, 0.05) is 12.2 Å². The molecular formula is C19H21N5. The highest BCUT2D eigenvalue weighted by atomic mass is 15.3. The lowest BCUT2D eigenvalue weighted by molar-refractivity contribution is 0.929. The average molecular weight is 319 g/mol. The van der Waals surface area contributed by atoms with Crippen LogP contribution in [0, 0.1) is 13.8 Å². The molecule has 2 aromatic carbocycles. The van der Waals surface area contributed by atoms with E-state index in [1.54, 1.807) is 6.20 Å². The van der Waals surface area contributed by atoms with E-state index < -0.39 is 0 Å². The summed E-state index contributed by atoms with van der Waals surface area (Å²) in [7, 11) is 0. The number of aromatic nitrogens is 3. The van der Waals surface area contributed by atoms with E-state index in [1.807, 2.05) is 18.2 Å². The maximum atomic E-state index is 4.47. The van der Waals surface area contributed by atoms with Crippen molar-refractivity contribution < 1.29 is 0 Å². The minimum Gasteiger partial charge on any atom is -0.353 e. The molecule has 0 spiro atoms. The van der Waals surface area contributed by atoms with Gasteiger partial charge in [-0.1, -0.05) is 42.5 Å². The highest BCUT2D eigenvalue weighted by Gasteiger charge is 2.03. The highest BCUT2D eigenvalue weighted by Crippen LogP contribution is 2.20. The summed E-state index contributed by atoms with van der Waals surface area (Å²) in [5.41, 5.74) is 4.68. The molecule has 0 bridgehead atoms. The second-order valence-corrected chi connectivity index (χ2v) is 5.77. The first-order chi connectivity index (χ1) is 11.7. The Labute approximate surface area is 142 Å². The van der Waals surface area contributed by atoms with Crippen molar-refractivity contribution in [3.8, 4) is 0 Å². The number of hydrogen-bond acceptors (Lipinski definition) is 5. The Morgan fingerprint density at radius 2 is 1.83 bits per heavy atom. The van der Waals surface area contributed by atoms with Gasteiger partial charge in [0.15, 0.2) is 5.82 Å². The quantitative estimate of drug-likeness (QED) is 0.722. The van der Waals surface area contributed by atoms with Gasteiger partial charge in [0.1, 0.15) is 0 Å². The van der Waals surface area contributed by atoms with Gasteiger partial charge in [-0.05, 0) is 43.0 Å². The predicted octanol–water partition coefficient (Wildman–Crippen LogP) is 3.89. The highest BCUT2D eigenvalue weighted by molar-refractivity contribution is 5.61. The molecule has 0 fully saturated rings. The predicted molar refractivity (Wildman–Crippen MR) is 97.7 cm³/mol. The first-order valence-corrected chi connectivity index (χ1v) is 8.02. The number of nitrogens with one attached hydrogen (secondary N) is 2. The summed E-state index contributed by atoms with van der Waals surface area (Å²) in [6.45, 7) is 4.90. The normalized spacial score (nSPS) is 10.4. The molecule has 0 atom stereocenters. The minimum absolute atomic E-state index is 0.529. The summed E-state index contributed by atoms with van der Waals surface area (Å²) < 4.78 is 0. The molecule has 5 nitrogen and oxygen atoms in total. The molecule has 122 valence electrons. The van der Waals surface area contributed by atoms with Crippen LogP contribution in [0.2, 0.25) is 0 Å². The van der Waals surface area contributed by atoms with Crippen LogP contribution in [0.15, 0.2) is 54.7 Å². The van der Waals surface area contributed by atoms with Gasteiger partial charge in [-0.2, -0.15) is 10.1 Å². The van der Waals surface area contributed by atoms with E-state index in [1.165, 1.54) is 11.1 Å². The van der Waals surface area contributed by atoms with Gasteiger partial charge in [0.2, 0.25) is 5.95 Å². The van der Waals surface area contributed by atoms with Crippen molar-refractivity contribution in [2.24, 2.45) is 0 Å². The Morgan fingerprint density at radius 3 is 2.67 bits per heavy atom. The fraction of sp³-hybridized carbons (Fsp3) is 0.211. The maximum absolute atomic E-state index is 4.47. The Hall–Kier alpha value is -2.95. The van der Waals surface area contributed by atoms with Gasteiger partial charge < -0.3 is 10.6 Å². The third-order valence-corrected chi connectivity index (χ3v) is 3.75. The van der Waals surface area contributed by atoms with Crippen molar-refractivity contribution >= 4 is 17.5 Å². The molecule has 24 heavy (non-hydrogen) atoms. The maximum Gasteiger partial charge on any atom is 0.244 e. The molecule has 3 rings (SSSR count). The smallest absolute Gasteiger partial charge is 0.244 e. The molecule has 0 amide bonds. The lowest BCUT2D eigenvalue weighted by Crippen LogP contribution is -2.09. The molecule has 0 aliphatic rings. The van der Waals surface area contributed by atoms with Crippen LogP contribution in [0.1, 0.15) is 16.7 Å². The van der Waals surface area contributed by atoms with E-state index in [4.69, 9.17) is 0 Å². The molecule has 0 saturated heterocycles. The zero-order valence-electron chi connectivity index (χ0n) is 14.0. The molecule has 5 heteroatoms. The van der Waals surface area contributed by atoms with Crippen LogP contribution in [-0.4, -0.2) is 21.7 Å². The molecule has 3 aromatic rings. The molecule has 0 unspecified atom stereocenters. The van der Waals surface area contributed by atoms with Crippen LogP contribution >= 0.6 is 0 Å². The number of aryl methyl sites for hydroxylation is 2. The van der Waals surface area contributed by atoms with Gasteiger partial charge in [0.05, 0.1) is 6.20 Å². The van der Waals surface area contributed by atoms with Gasteiger partial charge in [-0.25, -0.2) is 0 Å². The minimum atomic E-state index is 0.529. The number of anilines is 3. The number of rotatable bonds is 6. The molecule has 0 saturated carbocycles. The summed E-state index contributed by atoms with van der Waals surface area (Å²) in [5, 5.41) is 14.6. The van der Waals surface area contributed by atoms with Crippen molar-refractivity contribution in [3.05, 3.63) is 71.4 Å². The number of nitrogens with zero attached hydrogens (tertiary/aromatic N) is 3. The van der Waals surface area contributed by atoms with Crippen molar-refractivity contribution in [1.29, 1.82) is 0 Å². The molecule has 0 radical (unpaired) electrons. The van der Waals surface area contributed by atoms with Crippen LogP contribution < -0.4 is 10.6 Å². The number of benzene rings is 2. The third-order valence-electron chi connectivity index (χ3n) is 3.75. The zero-order chi connectivity index (χ0) is 16.8. The van der Waals surface area contributed by atoms with Crippen LogP contribution in [-0.2, 0) is 6.42 Å². The zero-order valence-corrected chi connectivity index (χ0v) is 14.0. The van der Waals surface area contributed by atoms with Gasteiger partial charge in [-0.15, -0.1) is 5.10 Å². The van der Waals surface area contributed by atoms with Crippen LogP contribution in [0.25, 0.3) is 0 Å². The van der Waals surface area contributed by atoms with Crippen LogP contribution in [0.3, 0.4) is 0 Å². The van der Waals surface area contributed by atoms with Crippen molar-refractivity contribution in [2.45, 2.75) is 20.3 Å². The fourth-order valence-corrected chi connectivity index (χ4v) is 2.41. The largest absolute Gasteiger partial charge is 0.353 e. The average Bonchev–Trinajstić information content (AvgIpc) is 2.60. The Morgan fingerprint density at radius 1 is 1.00 bits per heavy atom. The summed E-state index contributed by atoms with van der Waals surface area (Å²) in [5.74, 6) is 1.21. The van der Waals surface area contributed by atoms with E-state index in [2.05, 4.69) is 70.0 Å². The molecule has 1 aromatic heterocycles. The van der Waals surface area contributed by atoms with E-state index in [-0.39, 0.29) is 0 Å². The Bertz CT molecular complexity index is 802. The monoisotopic (exact) mass is 319 g/mol. The Balaban J connectivity index is 1.62. The van der Waals surface area contributed by atoms with E-state index in [0.29, 0.717) is 11.8 Å². The topological polar surface area (TPSA) is 62.7 Å². The summed E-state index contributed by atoms with van der Waals surface area (Å²) in [4.78, 5) is 4.47. The second-order valence-electron chi connectivity index (χ2n) is 5.77. The lowest BCUT2D eigenvalue weighted by Gasteiger charge is -2.10. The second kappa shape index (κ2) is 7.55. The van der Waals surface area contributed by atoms with Crippen molar-refractivity contribution in [3.63, 3.8) is 0 Å². The van der Waals surface area contributed by atoms with Gasteiger partial charge in [-0.3, -0.25) is 0 Å². The van der Waals surface area contributed by atoms with E-state index >= 15 is 0 Å². The standard InChI is InChI=1S/C19H21N5/c1-14-8-9-15(2)17(12-14)22-18-13-21-24-19(23-18)20-11-10-16-6-4-3-5-7-16/h3-9,12-13H,10-11H2,1-2H3,(H2,20,22,23,24). The first kappa shape index (κ1) is 15.9. The van der Waals surface area contributed by atoms with Crippen molar-refractivity contribution in [1.82, 2.24) is 15.2 Å². The van der Waals surface area contributed by atoms with Crippen LogP contribution in [0.4, 0.5) is 17.5 Å². The van der Waals surface area contributed by atoms with Gasteiger partial charge >= 0.3 is 0 Å². The molecule has 2 N–H and O–H groups in total. The Kier molecular flexibility index (Phi) is 5.01. The van der Waals surface area contributed by atoms with E-state index in [9.17, 15) is 0 Å². The van der Waals surface area contributed by atoms with E-state index in [0.717, 1.165) is 24.2 Å². The summed E-state index contributed by atoms with van der Waals surface area (Å²) >= 11 is 0. The molecule has 1 heterocycles.